The Labute approximate surface area is 154 Å². The van der Waals surface area contributed by atoms with Gasteiger partial charge in [0.1, 0.15) is 0 Å². The molecule has 2 aliphatic rings. The van der Waals surface area contributed by atoms with Crippen LogP contribution in [0.3, 0.4) is 0 Å². The highest BCUT2D eigenvalue weighted by atomic mass is 32.1. The van der Waals surface area contributed by atoms with E-state index in [0.717, 1.165) is 22.0 Å². The molecule has 2 fully saturated rings. The fraction of sp³-hybridized carbons (Fsp3) is 0.273. The molecule has 2 aliphatic carbocycles. The Morgan fingerprint density at radius 3 is 1.56 bits per heavy atom. The fourth-order valence-electron chi connectivity index (χ4n) is 3.59. The van der Waals surface area contributed by atoms with Crippen molar-refractivity contribution in [1.82, 2.24) is 0 Å². The van der Waals surface area contributed by atoms with Crippen LogP contribution in [-0.2, 0) is 0 Å². The van der Waals surface area contributed by atoms with Crippen molar-refractivity contribution in [2.45, 2.75) is 37.5 Å². The summed E-state index contributed by atoms with van der Waals surface area (Å²) < 4.78 is 8.91. The van der Waals surface area contributed by atoms with Crippen LogP contribution in [0.1, 0.15) is 48.6 Å². The molecular weight excluding hydrogens is 344 g/mol. The second-order valence-corrected chi connectivity index (χ2v) is 9.47. The Kier molecular flexibility index (Phi) is 3.06. The largest absolute Gasteiger partial charge is 0.436 e. The lowest BCUT2D eigenvalue weighted by molar-refractivity contribution is 0.512. The van der Waals surface area contributed by atoms with Crippen LogP contribution in [0.4, 0.5) is 0 Å². The van der Waals surface area contributed by atoms with Crippen LogP contribution in [0.15, 0.2) is 48.5 Å². The molecule has 4 aromatic rings. The number of fused-ring (bicyclic) bond motifs is 2. The van der Waals surface area contributed by atoms with E-state index in [1.807, 2.05) is 0 Å². The van der Waals surface area contributed by atoms with Crippen LogP contribution < -0.4 is 4.74 Å². The van der Waals surface area contributed by atoms with Crippen molar-refractivity contribution >= 4 is 42.8 Å². The average Bonchev–Trinajstić information content (AvgIpc) is 3.53. The Hall–Kier alpha value is -1.84. The van der Waals surface area contributed by atoms with E-state index in [4.69, 9.17) is 4.74 Å². The molecule has 0 aliphatic heterocycles. The minimum absolute atomic E-state index is 0.805. The Bertz CT molecular complexity index is 1010. The molecule has 0 bridgehead atoms. The van der Waals surface area contributed by atoms with E-state index in [-0.39, 0.29) is 0 Å². The second kappa shape index (κ2) is 5.33. The average molecular weight is 363 g/mol. The van der Waals surface area contributed by atoms with E-state index in [9.17, 15) is 0 Å². The van der Waals surface area contributed by atoms with Crippen molar-refractivity contribution in [2.24, 2.45) is 0 Å². The predicted octanol–water partition coefficient (Wildman–Crippen LogP) is 7.66. The molecular formula is C22H18OS2. The first-order valence-corrected chi connectivity index (χ1v) is 10.7. The molecule has 25 heavy (non-hydrogen) atoms. The van der Waals surface area contributed by atoms with Crippen molar-refractivity contribution in [2.75, 3.05) is 0 Å². The topological polar surface area (TPSA) is 9.23 Å². The van der Waals surface area contributed by atoms with Crippen LogP contribution in [0, 0.1) is 0 Å². The number of hydrogen-bond acceptors (Lipinski definition) is 3. The molecule has 6 rings (SSSR count). The third-order valence-corrected chi connectivity index (χ3v) is 7.29. The number of benzene rings is 2. The van der Waals surface area contributed by atoms with Crippen molar-refractivity contribution in [1.29, 1.82) is 0 Å². The normalized spacial score (nSPS) is 17.4. The maximum atomic E-state index is 6.22. The molecule has 0 unspecified atom stereocenters. The van der Waals surface area contributed by atoms with Crippen LogP contribution in [0.5, 0.6) is 10.1 Å². The van der Waals surface area contributed by atoms with E-state index in [0.29, 0.717) is 0 Å². The summed E-state index contributed by atoms with van der Waals surface area (Å²) in [5, 5.41) is 4.58. The number of ether oxygens (including phenoxy) is 1. The summed E-state index contributed by atoms with van der Waals surface area (Å²) in [6, 6.07) is 18.1. The molecule has 1 nitrogen and oxygen atoms in total. The van der Waals surface area contributed by atoms with E-state index >= 15 is 0 Å². The lowest BCUT2D eigenvalue weighted by Crippen LogP contribution is -1.75. The maximum absolute atomic E-state index is 6.22. The lowest BCUT2D eigenvalue weighted by atomic mass is 10.1. The molecule has 0 spiro atoms. The minimum Gasteiger partial charge on any atom is -0.436 e. The first-order chi connectivity index (χ1) is 12.3. The molecule has 124 valence electrons. The zero-order chi connectivity index (χ0) is 16.4. The molecule has 0 radical (unpaired) electrons. The van der Waals surface area contributed by atoms with Gasteiger partial charge in [0.2, 0.25) is 0 Å². The van der Waals surface area contributed by atoms with Gasteiger partial charge >= 0.3 is 0 Å². The van der Waals surface area contributed by atoms with Crippen molar-refractivity contribution in [3.63, 3.8) is 0 Å². The zero-order valence-corrected chi connectivity index (χ0v) is 15.5. The monoisotopic (exact) mass is 362 g/mol. The van der Waals surface area contributed by atoms with E-state index in [1.54, 1.807) is 22.7 Å². The summed E-state index contributed by atoms with van der Waals surface area (Å²) in [6.45, 7) is 0. The quantitative estimate of drug-likeness (QED) is 0.362. The molecule has 0 N–H and O–H groups in total. The van der Waals surface area contributed by atoms with Crippen molar-refractivity contribution in [3.8, 4) is 10.1 Å². The molecule has 2 heterocycles. The highest BCUT2D eigenvalue weighted by Crippen LogP contribution is 2.45. The number of rotatable bonds is 4. The van der Waals surface area contributed by atoms with Gasteiger partial charge in [-0.2, -0.15) is 0 Å². The number of hydrogen-bond donors (Lipinski definition) is 0. The van der Waals surface area contributed by atoms with Gasteiger partial charge in [0.25, 0.3) is 0 Å². The van der Waals surface area contributed by atoms with Gasteiger partial charge in [-0.3, -0.25) is 0 Å². The van der Waals surface area contributed by atoms with Crippen LogP contribution in [-0.4, -0.2) is 0 Å². The molecule has 2 aromatic carbocycles. The lowest BCUT2D eigenvalue weighted by Gasteiger charge is -1.96. The summed E-state index contributed by atoms with van der Waals surface area (Å²) in [5.41, 5.74) is 2.99. The third-order valence-electron chi connectivity index (χ3n) is 5.34. The fourth-order valence-corrected chi connectivity index (χ4v) is 5.59. The van der Waals surface area contributed by atoms with Gasteiger partial charge in [-0.05, 0) is 71.6 Å². The summed E-state index contributed by atoms with van der Waals surface area (Å²) >= 11 is 3.53. The van der Waals surface area contributed by atoms with Gasteiger partial charge in [-0.15, -0.1) is 0 Å². The van der Waals surface area contributed by atoms with Crippen LogP contribution in [0.2, 0.25) is 0 Å². The molecule has 0 amide bonds. The van der Waals surface area contributed by atoms with Crippen molar-refractivity contribution < 1.29 is 4.74 Å². The molecule has 2 saturated carbocycles. The van der Waals surface area contributed by atoms with Crippen molar-refractivity contribution in [3.05, 3.63) is 59.7 Å². The van der Waals surface area contributed by atoms with Gasteiger partial charge in [0, 0.05) is 21.5 Å². The summed E-state index contributed by atoms with van der Waals surface area (Å²) in [5.74, 6) is 1.61. The zero-order valence-electron chi connectivity index (χ0n) is 13.8. The Morgan fingerprint density at radius 1 is 0.640 bits per heavy atom. The van der Waals surface area contributed by atoms with Gasteiger partial charge in [-0.25, -0.2) is 0 Å². The summed E-state index contributed by atoms with van der Waals surface area (Å²) in [6.07, 6.45) is 5.41. The summed E-state index contributed by atoms with van der Waals surface area (Å²) in [7, 11) is 0. The van der Waals surface area contributed by atoms with E-state index in [2.05, 4.69) is 48.5 Å². The first kappa shape index (κ1) is 14.3. The third kappa shape index (κ3) is 2.66. The molecule has 3 heteroatoms. The highest BCUT2D eigenvalue weighted by molar-refractivity contribution is 7.22. The van der Waals surface area contributed by atoms with E-state index < -0.39 is 0 Å². The standard InChI is InChI=1S/C22H18OS2/c1-2-13(1)15-5-7-17-11-21(24-19(17)9-15)23-22-12-18-8-6-16(14-3-4-14)10-20(18)25-22/h5-14H,1-4H2. The Balaban J connectivity index is 1.32. The molecule has 2 aromatic heterocycles. The SMILES string of the molecule is c1cc2cc(Oc3cc4ccc(C5CC5)cc4s3)sc2cc1C1CC1. The van der Waals surface area contributed by atoms with Gasteiger partial charge in [-0.1, -0.05) is 46.9 Å². The van der Waals surface area contributed by atoms with Gasteiger partial charge < -0.3 is 4.74 Å². The number of thiophene rings is 2. The smallest absolute Gasteiger partial charge is 0.183 e. The minimum atomic E-state index is 0.805. The van der Waals surface area contributed by atoms with E-state index in [1.165, 1.54) is 57.0 Å². The maximum Gasteiger partial charge on any atom is 0.183 e. The van der Waals surface area contributed by atoms with Crippen LogP contribution >= 0.6 is 22.7 Å². The molecule has 0 saturated heterocycles. The molecule has 0 atom stereocenters. The first-order valence-electron chi connectivity index (χ1n) is 9.07. The second-order valence-electron chi connectivity index (χ2n) is 7.38. The summed E-state index contributed by atoms with van der Waals surface area (Å²) in [4.78, 5) is 0. The van der Waals surface area contributed by atoms with Gasteiger partial charge in [0.15, 0.2) is 10.1 Å². The highest BCUT2D eigenvalue weighted by Gasteiger charge is 2.24. The Morgan fingerprint density at radius 2 is 1.12 bits per heavy atom. The van der Waals surface area contributed by atoms with Crippen LogP contribution in [0.25, 0.3) is 20.2 Å². The van der Waals surface area contributed by atoms with Gasteiger partial charge in [0.05, 0.1) is 0 Å². The predicted molar refractivity (Wildman–Crippen MR) is 108 cm³/mol.